The third-order valence-corrected chi connectivity index (χ3v) is 3.92. The van der Waals surface area contributed by atoms with Crippen LogP contribution in [-0.4, -0.2) is 45.8 Å². The summed E-state index contributed by atoms with van der Waals surface area (Å²) in [7, 11) is 0. The highest BCUT2D eigenvalue weighted by atomic mass is 16.5. The minimum atomic E-state index is -2.36. The highest BCUT2D eigenvalue weighted by Crippen LogP contribution is 2.24. The van der Waals surface area contributed by atoms with Crippen LogP contribution in [0.3, 0.4) is 0 Å². The molecule has 1 aromatic rings. The fraction of sp³-hybridized carbons (Fsp3) is 0.588. The maximum Gasteiger partial charge on any atom is 0.244 e. The van der Waals surface area contributed by atoms with Gasteiger partial charge in [0.2, 0.25) is 11.6 Å². The highest BCUT2D eigenvalue weighted by Gasteiger charge is 2.44. The van der Waals surface area contributed by atoms with Gasteiger partial charge < -0.3 is 10.2 Å². The second-order valence-electron chi connectivity index (χ2n) is 5.30. The van der Waals surface area contributed by atoms with E-state index in [1.165, 1.54) is 0 Å². The molecule has 0 aliphatic carbocycles. The number of ketones is 1. The van der Waals surface area contributed by atoms with Crippen LogP contribution in [0.15, 0.2) is 30.3 Å². The lowest BCUT2D eigenvalue weighted by Crippen LogP contribution is -2.57. The molecular weight excluding hydrogens is 266 g/mol. The third-order valence-electron chi connectivity index (χ3n) is 3.92. The summed E-state index contributed by atoms with van der Waals surface area (Å²) in [5.74, 6) is -2.99. The first kappa shape index (κ1) is 17.8. The lowest BCUT2D eigenvalue weighted by atomic mass is 9.92. The van der Waals surface area contributed by atoms with Gasteiger partial charge in [-0.2, -0.15) is 0 Å². The summed E-state index contributed by atoms with van der Waals surface area (Å²) >= 11 is 0. The fourth-order valence-corrected chi connectivity index (χ4v) is 2.65. The van der Waals surface area contributed by atoms with Crippen LogP contribution in [0, 0.1) is 0 Å². The van der Waals surface area contributed by atoms with Crippen molar-refractivity contribution >= 4 is 5.78 Å². The molecule has 4 nitrogen and oxygen atoms in total. The Balaban J connectivity index is 3.04. The van der Waals surface area contributed by atoms with Gasteiger partial charge in [0, 0.05) is 5.56 Å². The Kier molecular flexibility index (Phi) is 7.02. The van der Waals surface area contributed by atoms with Crippen LogP contribution in [0.25, 0.3) is 0 Å². The zero-order valence-corrected chi connectivity index (χ0v) is 13.2. The minimum Gasteiger partial charge on any atom is -0.358 e. The Bertz CT molecular complexity index is 427. The van der Waals surface area contributed by atoms with Crippen LogP contribution in [-0.2, 0) is 0 Å². The maximum absolute atomic E-state index is 12.5. The summed E-state index contributed by atoms with van der Waals surface area (Å²) in [4.78, 5) is 14.4. The first-order chi connectivity index (χ1) is 9.98. The molecule has 4 heteroatoms. The van der Waals surface area contributed by atoms with Gasteiger partial charge in [-0.3, -0.25) is 9.69 Å². The summed E-state index contributed by atoms with van der Waals surface area (Å²) in [6.07, 6.45) is 2.39. The van der Waals surface area contributed by atoms with Gasteiger partial charge >= 0.3 is 0 Å². The van der Waals surface area contributed by atoms with Gasteiger partial charge in [0.25, 0.3) is 0 Å². The van der Waals surface area contributed by atoms with Gasteiger partial charge in [-0.05, 0) is 19.5 Å². The van der Waals surface area contributed by atoms with Crippen molar-refractivity contribution in [3.8, 4) is 0 Å². The predicted molar refractivity (Wildman–Crippen MR) is 84.2 cm³/mol. The second-order valence-corrected chi connectivity index (χ2v) is 5.30. The Morgan fingerprint density at radius 3 is 2.19 bits per heavy atom. The predicted octanol–water partition coefficient (Wildman–Crippen LogP) is 2.45. The maximum atomic E-state index is 12.5. The van der Waals surface area contributed by atoms with Crippen molar-refractivity contribution in [2.45, 2.75) is 51.9 Å². The molecular formula is C17H27NO3. The first-order valence-corrected chi connectivity index (χ1v) is 7.77. The lowest BCUT2D eigenvalue weighted by Gasteiger charge is -2.38. The zero-order chi connectivity index (χ0) is 15.9. The van der Waals surface area contributed by atoms with Crippen LogP contribution in [0.2, 0.25) is 0 Å². The van der Waals surface area contributed by atoms with Gasteiger partial charge in [0.15, 0.2) is 0 Å². The summed E-state index contributed by atoms with van der Waals surface area (Å²) in [5.41, 5.74) is 0.330. The minimum absolute atomic E-state index is 0.330. The van der Waals surface area contributed by atoms with Crippen molar-refractivity contribution in [1.82, 2.24) is 4.90 Å². The quantitative estimate of drug-likeness (QED) is 0.542. The topological polar surface area (TPSA) is 60.8 Å². The number of hydrogen-bond acceptors (Lipinski definition) is 4. The SMILES string of the molecule is CCCCC(N(CC)CC)C(O)(O)C(=O)c1ccccc1. The van der Waals surface area contributed by atoms with Crippen LogP contribution in [0.5, 0.6) is 0 Å². The molecule has 0 bridgehead atoms. The van der Waals surface area contributed by atoms with Crippen molar-refractivity contribution in [2.75, 3.05) is 13.1 Å². The monoisotopic (exact) mass is 293 g/mol. The number of likely N-dealkylation sites (N-methyl/N-ethyl adjacent to an activating group) is 1. The fourth-order valence-electron chi connectivity index (χ4n) is 2.65. The van der Waals surface area contributed by atoms with Crippen LogP contribution in [0.4, 0.5) is 0 Å². The number of carbonyl (C=O) groups is 1. The molecule has 0 fully saturated rings. The van der Waals surface area contributed by atoms with E-state index in [9.17, 15) is 15.0 Å². The number of unbranched alkanes of at least 4 members (excludes halogenated alkanes) is 1. The molecule has 1 rings (SSSR count). The number of nitrogens with zero attached hydrogens (tertiary/aromatic N) is 1. The molecule has 0 amide bonds. The Morgan fingerprint density at radius 2 is 1.71 bits per heavy atom. The van der Waals surface area contributed by atoms with E-state index in [1.807, 2.05) is 18.7 Å². The zero-order valence-electron chi connectivity index (χ0n) is 13.2. The molecule has 21 heavy (non-hydrogen) atoms. The smallest absolute Gasteiger partial charge is 0.244 e. The Morgan fingerprint density at radius 1 is 1.14 bits per heavy atom. The molecule has 0 saturated carbocycles. The van der Waals surface area contributed by atoms with Crippen LogP contribution >= 0.6 is 0 Å². The van der Waals surface area contributed by atoms with Crippen LogP contribution in [0.1, 0.15) is 50.4 Å². The first-order valence-electron chi connectivity index (χ1n) is 7.77. The highest BCUT2D eigenvalue weighted by molar-refractivity contribution is 6.01. The van der Waals surface area contributed by atoms with E-state index in [0.717, 1.165) is 12.8 Å². The molecule has 1 atom stereocenters. The lowest BCUT2D eigenvalue weighted by molar-refractivity contribution is -0.169. The van der Waals surface area contributed by atoms with Crippen molar-refractivity contribution in [3.05, 3.63) is 35.9 Å². The van der Waals surface area contributed by atoms with Gasteiger partial charge in [-0.1, -0.05) is 63.9 Å². The number of hydrogen-bond donors (Lipinski definition) is 2. The van der Waals surface area contributed by atoms with Crippen molar-refractivity contribution in [1.29, 1.82) is 0 Å². The number of Topliss-reactive ketones (excluding diaryl/α,β-unsaturated/α-hetero) is 1. The standard InChI is InChI=1S/C17H27NO3/c1-4-7-13-15(18(5-2)6-3)17(20,21)16(19)14-11-9-8-10-12-14/h8-12,15,20-21H,4-7,13H2,1-3H3. The van der Waals surface area contributed by atoms with Gasteiger partial charge in [-0.15, -0.1) is 0 Å². The van der Waals surface area contributed by atoms with Crippen molar-refractivity contribution < 1.29 is 15.0 Å². The summed E-state index contributed by atoms with van der Waals surface area (Å²) in [6, 6.07) is 7.89. The number of aliphatic hydroxyl groups is 2. The Labute approximate surface area is 127 Å². The van der Waals surface area contributed by atoms with Crippen molar-refractivity contribution in [3.63, 3.8) is 0 Å². The molecule has 0 heterocycles. The van der Waals surface area contributed by atoms with E-state index >= 15 is 0 Å². The van der Waals surface area contributed by atoms with E-state index in [4.69, 9.17) is 0 Å². The number of carbonyl (C=O) groups excluding carboxylic acids is 1. The van der Waals surface area contributed by atoms with Gasteiger partial charge in [0.05, 0.1) is 6.04 Å². The number of benzene rings is 1. The molecule has 2 N–H and O–H groups in total. The van der Waals surface area contributed by atoms with Gasteiger partial charge in [-0.25, -0.2) is 0 Å². The average Bonchev–Trinajstić information content (AvgIpc) is 2.51. The van der Waals surface area contributed by atoms with E-state index in [0.29, 0.717) is 25.1 Å². The van der Waals surface area contributed by atoms with E-state index < -0.39 is 17.6 Å². The second kappa shape index (κ2) is 8.27. The largest absolute Gasteiger partial charge is 0.358 e. The summed E-state index contributed by atoms with van der Waals surface area (Å²) in [5, 5.41) is 21.0. The Hall–Kier alpha value is -1.23. The molecule has 1 unspecified atom stereocenters. The average molecular weight is 293 g/mol. The molecule has 0 aromatic heterocycles. The molecule has 1 aromatic carbocycles. The van der Waals surface area contributed by atoms with E-state index in [-0.39, 0.29) is 0 Å². The van der Waals surface area contributed by atoms with E-state index in [2.05, 4.69) is 6.92 Å². The van der Waals surface area contributed by atoms with Gasteiger partial charge in [0.1, 0.15) is 0 Å². The normalized spacial score (nSPS) is 13.4. The molecule has 118 valence electrons. The molecule has 0 radical (unpaired) electrons. The van der Waals surface area contributed by atoms with E-state index in [1.54, 1.807) is 30.3 Å². The molecule has 0 aliphatic rings. The third kappa shape index (κ3) is 4.37. The molecule has 0 spiro atoms. The number of rotatable bonds is 9. The molecule has 0 saturated heterocycles. The summed E-state index contributed by atoms with van der Waals surface area (Å²) < 4.78 is 0. The van der Waals surface area contributed by atoms with Crippen molar-refractivity contribution in [2.24, 2.45) is 0 Å². The summed E-state index contributed by atoms with van der Waals surface area (Å²) in [6.45, 7) is 7.33. The molecule has 0 aliphatic heterocycles. The van der Waals surface area contributed by atoms with Crippen LogP contribution < -0.4 is 0 Å².